The van der Waals surface area contributed by atoms with Gasteiger partial charge in [-0.3, -0.25) is 0 Å². The number of aromatic carboxylic acids is 1. The molecule has 0 unspecified atom stereocenters. The number of urea groups is 1. The molecule has 37 heavy (non-hydrogen) atoms. The van der Waals surface area contributed by atoms with Crippen molar-refractivity contribution in [1.29, 1.82) is 0 Å². The molecule has 192 valence electrons. The molecule has 2 aromatic heterocycles. The number of ether oxygens (including phenoxy) is 2. The number of methoxy groups -OCH3 is 1. The Kier molecular flexibility index (Phi) is 7.71. The lowest BCUT2D eigenvalue weighted by molar-refractivity contribution is 0.0340. The van der Waals surface area contributed by atoms with Crippen molar-refractivity contribution in [3.05, 3.63) is 67.8 Å². The Hall–Kier alpha value is -4.01. The van der Waals surface area contributed by atoms with E-state index in [2.05, 4.69) is 15.1 Å². The van der Waals surface area contributed by atoms with Gasteiger partial charge in [-0.05, 0) is 17.5 Å². The summed E-state index contributed by atoms with van der Waals surface area (Å²) >= 11 is 8.08. The highest BCUT2D eigenvalue weighted by Crippen LogP contribution is 2.36. The van der Waals surface area contributed by atoms with Gasteiger partial charge < -0.3 is 24.7 Å². The van der Waals surface area contributed by atoms with Gasteiger partial charge in [-0.1, -0.05) is 11.6 Å². The third-order valence-corrected chi connectivity index (χ3v) is 6.97. The zero-order chi connectivity index (χ0) is 26.7. The van der Waals surface area contributed by atoms with E-state index in [1.165, 1.54) is 35.4 Å². The number of carboxylic acids is 1. The number of carbonyl (C=O) groups is 3. The van der Waals surface area contributed by atoms with Crippen molar-refractivity contribution in [1.82, 2.24) is 10.5 Å². The van der Waals surface area contributed by atoms with Crippen molar-refractivity contribution < 1.29 is 42.6 Å². The number of aromatic nitrogens is 1. The van der Waals surface area contributed by atoms with Crippen molar-refractivity contribution in [2.24, 2.45) is 0 Å². The fraction of sp³-hybridized carbons (Fsp3) is 0.0909. The number of halogens is 3. The number of thiazole rings is 1. The molecule has 4 aromatic rings. The van der Waals surface area contributed by atoms with Gasteiger partial charge in [0.25, 0.3) is 0 Å². The van der Waals surface area contributed by atoms with E-state index in [0.29, 0.717) is 10.2 Å². The van der Waals surface area contributed by atoms with Crippen molar-refractivity contribution in [3.8, 4) is 11.5 Å². The fourth-order valence-electron chi connectivity index (χ4n) is 3.12. The van der Waals surface area contributed by atoms with Crippen LogP contribution in [0.25, 0.3) is 10.2 Å². The average molecular weight is 570 g/mol. The van der Waals surface area contributed by atoms with Crippen LogP contribution < -0.4 is 20.3 Å². The number of nitrogens with one attached hydrogen (secondary N) is 2. The first-order valence-electron chi connectivity index (χ1n) is 9.99. The molecule has 0 saturated carbocycles. The molecule has 0 bridgehead atoms. The van der Waals surface area contributed by atoms with E-state index in [9.17, 15) is 23.2 Å². The highest BCUT2D eigenvalue weighted by atomic mass is 35.5. The predicted molar refractivity (Wildman–Crippen MR) is 131 cm³/mol. The standard InChI is InChI=1S/C22H14ClF2N3O7S2/c1-33-15-5-13(25)14(27-22(32)28-35-21(31)18-9(20(29)30)2-3-36-18)6-16(15)34-7-10-12(24)4-11(23)19-17(10)26-8-37-19/h2-6,8H,7H2,1H3,(H,29,30)(H2,27,28,32). The summed E-state index contributed by atoms with van der Waals surface area (Å²) in [5.41, 5.74) is 3.00. The first kappa shape index (κ1) is 26.1. The summed E-state index contributed by atoms with van der Waals surface area (Å²) in [6.45, 7) is -0.318. The SMILES string of the molecule is COc1cc(F)c(NC(=O)NOC(=O)c2sccc2C(=O)O)cc1OCc1c(F)cc(Cl)c2scnc12. The van der Waals surface area contributed by atoms with Crippen LogP contribution in [0, 0.1) is 11.6 Å². The van der Waals surface area contributed by atoms with E-state index in [1.807, 2.05) is 0 Å². The molecule has 0 aliphatic heterocycles. The van der Waals surface area contributed by atoms with E-state index < -0.39 is 29.6 Å². The zero-order valence-corrected chi connectivity index (χ0v) is 20.9. The minimum atomic E-state index is -1.35. The molecular formula is C22H14ClF2N3O7S2. The third-order valence-electron chi connectivity index (χ3n) is 4.80. The summed E-state index contributed by atoms with van der Waals surface area (Å²) in [5.74, 6) is -4.13. The smallest absolute Gasteiger partial charge is 0.373 e. The summed E-state index contributed by atoms with van der Waals surface area (Å²) < 4.78 is 40.4. The second kappa shape index (κ2) is 10.9. The molecule has 0 aliphatic rings. The summed E-state index contributed by atoms with van der Waals surface area (Å²) in [6, 6.07) is 3.20. The van der Waals surface area contributed by atoms with Gasteiger partial charge in [0.15, 0.2) is 17.3 Å². The first-order chi connectivity index (χ1) is 17.7. The third kappa shape index (κ3) is 5.55. The highest BCUT2D eigenvalue weighted by Gasteiger charge is 2.22. The van der Waals surface area contributed by atoms with E-state index in [0.717, 1.165) is 29.5 Å². The lowest BCUT2D eigenvalue weighted by Crippen LogP contribution is -2.31. The minimum Gasteiger partial charge on any atom is -0.493 e. The first-order valence-corrected chi connectivity index (χ1v) is 12.1. The van der Waals surface area contributed by atoms with Crippen LogP contribution in [-0.4, -0.2) is 35.2 Å². The normalized spacial score (nSPS) is 10.7. The second-order valence-corrected chi connectivity index (χ2v) is 9.21. The number of rotatable bonds is 7. The molecule has 4 rings (SSSR count). The number of nitrogens with zero attached hydrogens (tertiary/aromatic N) is 1. The number of thiophene rings is 1. The molecule has 2 heterocycles. The lowest BCUT2D eigenvalue weighted by atomic mass is 10.2. The van der Waals surface area contributed by atoms with Crippen LogP contribution in [0.2, 0.25) is 5.02 Å². The Bertz CT molecular complexity index is 1530. The van der Waals surface area contributed by atoms with E-state index >= 15 is 0 Å². The van der Waals surface area contributed by atoms with Crippen molar-refractivity contribution in [2.75, 3.05) is 12.4 Å². The molecule has 2 aromatic carbocycles. The number of carboxylic acid groups (broad SMARTS) is 1. The van der Waals surface area contributed by atoms with Gasteiger partial charge in [-0.2, -0.15) is 5.48 Å². The largest absolute Gasteiger partial charge is 0.493 e. The molecule has 2 amide bonds. The number of carbonyl (C=O) groups excluding carboxylic acids is 2. The number of hydrogen-bond acceptors (Lipinski definition) is 9. The molecule has 0 saturated heterocycles. The van der Waals surface area contributed by atoms with Crippen LogP contribution in [-0.2, 0) is 11.4 Å². The predicted octanol–water partition coefficient (Wildman–Crippen LogP) is 5.47. The number of fused-ring (bicyclic) bond motifs is 1. The summed E-state index contributed by atoms with van der Waals surface area (Å²) in [5, 5.41) is 12.8. The van der Waals surface area contributed by atoms with E-state index in [4.69, 9.17) is 26.2 Å². The molecule has 0 radical (unpaired) electrons. The van der Waals surface area contributed by atoms with Crippen molar-refractivity contribution >= 4 is 68.1 Å². The number of anilines is 1. The lowest BCUT2D eigenvalue weighted by Gasteiger charge is -2.15. The maximum Gasteiger partial charge on any atom is 0.373 e. The summed E-state index contributed by atoms with van der Waals surface area (Å²) in [7, 11) is 1.26. The molecule has 0 fully saturated rings. The highest BCUT2D eigenvalue weighted by molar-refractivity contribution is 7.17. The number of amides is 2. The van der Waals surface area contributed by atoms with Crippen LogP contribution in [0.3, 0.4) is 0 Å². The van der Waals surface area contributed by atoms with Gasteiger partial charge >= 0.3 is 18.0 Å². The zero-order valence-electron chi connectivity index (χ0n) is 18.5. The van der Waals surface area contributed by atoms with Crippen molar-refractivity contribution in [3.63, 3.8) is 0 Å². The van der Waals surface area contributed by atoms with Gasteiger partial charge in [-0.15, -0.1) is 22.7 Å². The Morgan fingerprint density at radius 3 is 2.65 bits per heavy atom. The van der Waals surface area contributed by atoms with Gasteiger partial charge in [0.05, 0.1) is 44.7 Å². The Labute approximate surface area is 219 Å². The van der Waals surface area contributed by atoms with Crippen molar-refractivity contribution in [2.45, 2.75) is 6.61 Å². The molecule has 3 N–H and O–H groups in total. The topological polar surface area (TPSA) is 136 Å². The number of benzene rings is 2. The quantitative estimate of drug-likeness (QED) is 0.249. The van der Waals surface area contributed by atoms with E-state index in [1.54, 1.807) is 5.48 Å². The maximum absolute atomic E-state index is 14.6. The molecule has 0 spiro atoms. The fourth-order valence-corrected chi connectivity index (χ4v) is 4.92. The van der Waals surface area contributed by atoms with Gasteiger partial charge in [0.1, 0.15) is 17.3 Å². The van der Waals surface area contributed by atoms with Gasteiger partial charge in [0, 0.05) is 12.1 Å². The van der Waals surface area contributed by atoms with Crippen LogP contribution in [0.15, 0.2) is 35.2 Å². The Morgan fingerprint density at radius 1 is 1.14 bits per heavy atom. The van der Waals surface area contributed by atoms with Gasteiger partial charge in [0.2, 0.25) is 0 Å². The van der Waals surface area contributed by atoms with Crippen LogP contribution in [0.5, 0.6) is 11.5 Å². The monoisotopic (exact) mass is 569 g/mol. The van der Waals surface area contributed by atoms with Crippen LogP contribution in [0.1, 0.15) is 25.6 Å². The van der Waals surface area contributed by atoms with E-state index in [-0.39, 0.29) is 44.8 Å². The summed E-state index contributed by atoms with van der Waals surface area (Å²) in [4.78, 5) is 43.8. The Balaban J connectivity index is 1.47. The summed E-state index contributed by atoms with van der Waals surface area (Å²) in [6.07, 6.45) is 0. The second-order valence-electron chi connectivity index (χ2n) is 7.03. The molecule has 10 nitrogen and oxygen atoms in total. The van der Waals surface area contributed by atoms with Crippen LogP contribution in [0.4, 0.5) is 19.3 Å². The minimum absolute atomic E-state index is 0.0430. The molecular weight excluding hydrogens is 556 g/mol. The molecule has 15 heteroatoms. The molecule has 0 atom stereocenters. The number of hydrogen-bond donors (Lipinski definition) is 3. The molecule has 0 aliphatic carbocycles. The van der Waals surface area contributed by atoms with Gasteiger partial charge in [-0.25, -0.2) is 28.1 Å². The van der Waals surface area contributed by atoms with Crippen LogP contribution >= 0.6 is 34.3 Å². The maximum atomic E-state index is 14.6. The Morgan fingerprint density at radius 2 is 1.92 bits per heavy atom. The number of hydroxylamine groups is 1. The average Bonchev–Trinajstić information content (AvgIpc) is 3.54.